The van der Waals surface area contributed by atoms with Crippen LogP contribution in [0.3, 0.4) is 0 Å². The predicted molar refractivity (Wildman–Crippen MR) is 86.2 cm³/mol. The SMILES string of the molecule is O=CN1CCC(c2ccccc2)CC1CC1CCCCC1. The highest BCUT2D eigenvalue weighted by molar-refractivity contribution is 5.48. The van der Waals surface area contributed by atoms with Gasteiger partial charge in [-0.15, -0.1) is 0 Å². The molecule has 2 unspecified atom stereocenters. The van der Waals surface area contributed by atoms with E-state index >= 15 is 0 Å². The van der Waals surface area contributed by atoms with Crippen molar-refractivity contribution in [3.05, 3.63) is 35.9 Å². The molecule has 1 aromatic carbocycles. The lowest BCUT2D eigenvalue weighted by Gasteiger charge is -2.39. The quantitative estimate of drug-likeness (QED) is 0.753. The summed E-state index contributed by atoms with van der Waals surface area (Å²) in [6, 6.07) is 11.3. The van der Waals surface area contributed by atoms with Gasteiger partial charge in [0.05, 0.1) is 0 Å². The van der Waals surface area contributed by atoms with Crippen LogP contribution in [0.15, 0.2) is 30.3 Å². The van der Waals surface area contributed by atoms with Crippen LogP contribution < -0.4 is 0 Å². The van der Waals surface area contributed by atoms with Crippen LogP contribution in [0, 0.1) is 5.92 Å². The minimum absolute atomic E-state index is 0.463. The standard InChI is InChI=1S/C19H27NO/c21-15-20-12-11-18(17-9-5-2-6-10-17)14-19(20)13-16-7-3-1-4-8-16/h2,5-6,9-10,15-16,18-19H,1,3-4,7-8,11-14H2. The van der Waals surface area contributed by atoms with Crippen LogP contribution in [0.2, 0.25) is 0 Å². The number of hydrogen-bond donors (Lipinski definition) is 0. The smallest absolute Gasteiger partial charge is 0.209 e. The third-order valence-corrected chi connectivity index (χ3v) is 5.50. The van der Waals surface area contributed by atoms with Gasteiger partial charge in [-0.05, 0) is 36.7 Å². The third kappa shape index (κ3) is 3.66. The molecule has 0 bridgehead atoms. The molecule has 1 saturated heterocycles. The molecular weight excluding hydrogens is 258 g/mol. The summed E-state index contributed by atoms with van der Waals surface area (Å²) >= 11 is 0. The summed E-state index contributed by atoms with van der Waals surface area (Å²) in [5.41, 5.74) is 1.46. The van der Waals surface area contributed by atoms with Gasteiger partial charge in [0.25, 0.3) is 0 Å². The fourth-order valence-corrected chi connectivity index (χ4v) is 4.28. The number of hydrogen-bond acceptors (Lipinski definition) is 1. The number of benzene rings is 1. The lowest BCUT2D eigenvalue weighted by Crippen LogP contribution is -2.42. The molecule has 2 fully saturated rings. The maximum absolute atomic E-state index is 11.4. The van der Waals surface area contributed by atoms with Gasteiger partial charge in [-0.25, -0.2) is 0 Å². The van der Waals surface area contributed by atoms with E-state index in [1.54, 1.807) is 0 Å². The topological polar surface area (TPSA) is 20.3 Å². The van der Waals surface area contributed by atoms with E-state index < -0.39 is 0 Å². The highest BCUT2D eigenvalue weighted by Gasteiger charge is 2.30. The van der Waals surface area contributed by atoms with Gasteiger partial charge in [0, 0.05) is 12.6 Å². The average Bonchev–Trinajstić information content (AvgIpc) is 2.56. The highest BCUT2D eigenvalue weighted by atomic mass is 16.1. The summed E-state index contributed by atoms with van der Waals surface area (Å²) in [6.45, 7) is 0.931. The molecule has 2 heteroatoms. The van der Waals surface area contributed by atoms with Gasteiger partial charge in [0.2, 0.25) is 6.41 Å². The van der Waals surface area contributed by atoms with Crippen molar-refractivity contribution in [2.75, 3.05) is 6.54 Å². The van der Waals surface area contributed by atoms with Crippen LogP contribution in [0.5, 0.6) is 0 Å². The number of rotatable bonds is 4. The largest absolute Gasteiger partial charge is 0.342 e. The van der Waals surface area contributed by atoms with Crippen molar-refractivity contribution in [1.82, 2.24) is 4.90 Å². The average molecular weight is 285 g/mol. The number of amides is 1. The molecule has 2 nitrogen and oxygen atoms in total. The first kappa shape index (κ1) is 14.6. The fourth-order valence-electron chi connectivity index (χ4n) is 4.28. The molecule has 21 heavy (non-hydrogen) atoms. The van der Waals surface area contributed by atoms with Gasteiger partial charge in [-0.3, -0.25) is 4.79 Å². The van der Waals surface area contributed by atoms with Crippen LogP contribution in [0.4, 0.5) is 0 Å². The molecule has 1 amide bonds. The Kier molecular flexibility index (Phi) is 4.95. The zero-order valence-electron chi connectivity index (χ0n) is 12.9. The molecular formula is C19H27NO. The predicted octanol–water partition coefficient (Wildman–Crippen LogP) is 4.36. The summed E-state index contributed by atoms with van der Waals surface area (Å²) in [5, 5.41) is 0. The minimum Gasteiger partial charge on any atom is -0.342 e. The van der Waals surface area contributed by atoms with Crippen LogP contribution in [0.25, 0.3) is 0 Å². The Labute approximate surface area is 128 Å². The summed E-state index contributed by atoms with van der Waals surface area (Å²) < 4.78 is 0. The normalized spacial score (nSPS) is 27.5. The van der Waals surface area contributed by atoms with Crippen molar-refractivity contribution in [3.63, 3.8) is 0 Å². The molecule has 1 aliphatic heterocycles. The van der Waals surface area contributed by atoms with Crippen LogP contribution in [0.1, 0.15) is 62.8 Å². The number of piperidine rings is 1. The Hall–Kier alpha value is -1.31. The van der Waals surface area contributed by atoms with Crippen molar-refractivity contribution < 1.29 is 4.79 Å². The van der Waals surface area contributed by atoms with E-state index in [4.69, 9.17) is 0 Å². The molecule has 0 spiro atoms. The Morgan fingerprint density at radius 1 is 1.05 bits per heavy atom. The van der Waals surface area contributed by atoms with E-state index in [0.29, 0.717) is 12.0 Å². The molecule has 1 aliphatic carbocycles. The zero-order chi connectivity index (χ0) is 14.5. The van der Waals surface area contributed by atoms with Gasteiger partial charge in [0.15, 0.2) is 0 Å². The van der Waals surface area contributed by atoms with Gasteiger partial charge < -0.3 is 4.90 Å². The second-order valence-corrected chi connectivity index (χ2v) is 6.87. The van der Waals surface area contributed by atoms with Gasteiger partial charge in [-0.2, -0.15) is 0 Å². The van der Waals surface area contributed by atoms with Crippen LogP contribution >= 0.6 is 0 Å². The van der Waals surface area contributed by atoms with Crippen molar-refractivity contribution in [2.45, 2.75) is 63.3 Å². The molecule has 0 aromatic heterocycles. The number of carbonyl (C=O) groups is 1. The van der Waals surface area contributed by atoms with Crippen LogP contribution in [-0.4, -0.2) is 23.9 Å². The lowest BCUT2D eigenvalue weighted by molar-refractivity contribution is -0.122. The van der Waals surface area contributed by atoms with Crippen LogP contribution in [-0.2, 0) is 4.79 Å². The molecule has 1 aromatic rings. The van der Waals surface area contributed by atoms with E-state index in [1.807, 2.05) is 0 Å². The number of likely N-dealkylation sites (tertiary alicyclic amines) is 1. The monoisotopic (exact) mass is 285 g/mol. The minimum atomic E-state index is 0.463. The van der Waals surface area contributed by atoms with E-state index in [0.717, 1.165) is 31.7 Å². The Bertz CT molecular complexity index is 438. The van der Waals surface area contributed by atoms with Crippen molar-refractivity contribution in [2.24, 2.45) is 5.92 Å². The fraction of sp³-hybridized carbons (Fsp3) is 0.632. The highest BCUT2D eigenvalue weighted by Crippen LogP contribution is 2.36. The first-order valence-corrected chi connectivity index (χ1v) is 8.63. The summed E-state index contributed by atoms with van der Waals surface area (Å²) in [7, 11) is 0. The third-order valence-electron chi connectivity index (χ3n) is 5.50. The molecule has 1 heterocycles. The van der Waals surface area contributed by atoms with Crippen molar-refractivity contribution in [3.8, 4) is 0 Å². The first-order valence-electron chi connectivity index (χ1n) is 8.63. The zero-order valence-corrected chi connectivity index (χ0v) is 12.9. The molecule has 3 rings (SSSR count). The molecule has 1 saturated carbocycles. The van der Waals surface area contributed by atoms with Crippen molar-refractivity contribution >= 4 is 6.41 Å². The molecule has 0 N–H and O–H groups in total. The van der Waals surface area contributed by atoms with E-state index in [9.17, 15) is 4.79 Å². The van der Waals surface area contributed by atoms with Gasteiger partial charge >= 0.3 is 0 Å². The second kappa shape index (κ2) is 7.11. The molecule has 2 atom stereocenters. The second-order valence-electron chi connectivity index (χ2n) is 6.87. The summed E-state index contributed by atoms with van der Waals surface area (Å²) in [5.74, 6) is 1.48. The number of nitrogens with zero attached hydrogens (tertiary/aromatic N) is 1. The summed E-state index contributed by atoms with van der Waals surface area (Å²) in [4.78, 5) is 13.5. The first-order chi connectivity index (χ1) is 10.4. The molecule has 2 aliphatic rings. The van der Waals surface area contributed by atoms with Gasteiger partial charge in [-0.1, -0.05) is 62.4 Å². The Morgan fingerprint density at radius 3 is 2.52 bits per heavy atom. The van der Waals surface area contributed by atoms with E-state index in [2.05, 4.69) is 35.2 Å². The molecule has 114 valence electrons. The lowest BCUT2D eigenvalue weighted by atomic mass is 9.79. The maximum atomic E-state index is 11.4. The Morgan fingerprint density at radius 2 is 1.81 bits per heavy atom. The van der Waals surface area contributed by atoms with E-state index in [-0.39, 0.29) is 0 Å². The molecule has 0 radical (unpaired) electrons. The van der Waals surface area contributed by atoms with Gasteiger partial charge in [0.1, 0.15) is 0 Å². The Balaban J connectivity index is 1.65. The summed E-state index contributed by atoms with van der Waals surface area (Å²) in [6.07, 6.45) is 11.5. The van der Waals surface area contributed by atoms with E-state index in [1.165, 1.54) is 44.1 Å². The maximum Gasteiger partial charge on any atom is 0.209 e. The van der Waals surface area contributed by atoms with Crippen molar-refractivity contribution in [1.29, 1.82) is 0 Å². The number of carbonyl (C=O) groups excluding carboxylic acids is 1.